The molecule has 0 unspecified atom stereocenters. The average molecular weight is 254 g/mol. The van der Waals surface area contributed by atoms with Gasteiger partial charge in [-0.1, -0.05) is 12.2 Å². The maximum atomic E-state index is 4.28. The molecule has 0 N–H and O–H groups in total. The second-order valence-corrected chi connectivity index (χ2v) is 5.95. The summed E-state index contributed by atoms with van der Waals surface area (Å²) in [5, 5.41) is 0. The van der Waals surface area contributed by atoms with Gasteiger partial charge in [0.05, 0.1) is 0 Å². The van der Waals surface area contributed by atoms with Crippen molar-refractivity contribution >= 4 is 12.6 Å². The maximum Gasteiger partial charge on any atom is 0.0198 e. The summed E-state index contributed by atoms with van der Waals surface area (Å²) >= 11 is 4.28. The molecule has 0 spiro atoms. The van der Waals surface area contributed by atoms with Crippen molar-refractivity contribution < 1.29 is 0 Å². The number of piperidine rings is 1. The molecule has 2 saturated heterocycles. The van der Waals surface area contributed by atoms with E-state index in [4.69, 9.17) is 0 Å². The third-order valence-corrected chi connectivity index (χ3v) is 4.54. The van der Waals surface area contributed by atoms with Gasteiger partial charge in [-0.3, -0.25) is 4.90 Å². The van der Waals surface area contributed by atoms with E-state index in [1.54, 1.807) is 0 Å². The van der Waals surface area contributed by atoms with E-state index in [1.807, 2.05) is 0 Å². The van der Waals surface area contributed by atoms with E-state index < -0.39 is 0 Å². The molecule has 0 aromatic heterocycles. The smallest absolute Gasteiger partial charge is 0.0198 e. The Labute approximate surface area is 111 Å². The fourth-order valence-corrected chi connectivity index (χ4v) is 3.12. The molecule has 0 amide bonds. The molecular formula is C14H26N2S. The summed E-state index contributed by atoms with van der Waals surface area (Å²) in [6.07, 6.45) is 5.58. The summed E-state index contributed by atoms with van der Waals surface area (Å²) in [6.45, 7) is 11.6. The van der Waals surface area contributed by atoms with Gasteiger partial charge >= 0.3 is 0 Å². The molecule has 0 aromatic carbocycles. The highest BCUT2D eigenvalue weighted by molar-refractivity contribution is 7.80. The Morgan fingerprint density at radius 3 is 2.29 bits per heavy atom. The largest absolute Gasteiger partial charge is 0.303 e. The topological polar surface area (TPSA) is 6.48 Å². The molecule has 98 valence electrons. The molecule has 2 aliphatic heterocycles. The van der Waals surface area contributed by atoms with Crippen LogP contribution in [-0.4, -0.2) is 54.8 Å². The minimum absolute atomic E-state index is 0.827. The monoisotopic (exact) mass is 254 g/mol. The molecule has 0 saturated carbocycles. The van der Waals surface area contributed by atoms with Crippen molar-refractivity contribution in [3.8, 4) is 0 Å². The van der Waals surface area contributed by atoms with Crippen LogP contribution in [0.2, 0.25) is 0 Å². The highest BCUT2D eigenvalue weighted by Gasteiger charge is 2.22. The zero-order valence-corrected chi connectivity index (χ0v) is 11.8. The molecule has 0 bridgehead atoms. The summed E-state index contributed by atoms with van der Waals surface area (Å²) < 4.78 is 0. The van der Waals surface area contributed by atoms with Crippen molar-refractivity contribution in [2.45, 2.75) is 25.7 Å². The fourth-order valence-electron chi connectivity index (χ4n) is 3.02. The first-order chi connectivity index (χ1) is 8.28. The molecule has 0 aliphatic carbocycles. The lowest BCUT2D eigenvalue weighted by atomic mass is 9.96. The van der Waals surface area contributed by atoms with Gasteiger partial charge in [-0.15, -0.1) is 0 Å². The van der Waals surface area contributed by atoms with E-state index in [-0.39, 0.29) is 0 Å². The molecule has 2 aliphatic rings. The Kier molecular flexibility index (Phi) is 5.39. The Hall–Kier alpha value is 0.01000. The van der Waals surface area contributed by atoms with E-state index in [0.29, 0.717) is 0 Å². The summed E-state index contributed by atoms with van der Waals surface area (Å²) in [7, 11) is 0. The van der Waals surface area contributed by atoms with Crippen molar-refractivity contribution in [1.29, 1.82) is 0 Å². The van der Waals surface area contributed by atoms with Gasteiger partial charge in [0.2, 0.25) is 0 Å². The van der Waals surface area contributed by atoms with Gasteiger partial charge in [0.25, 0.3) is 0 Å². The second-order valence-electron chi connectivity index (χ2n) is 5.64. The van der Waals surface area contributed by atoms with Crippen LogP contribution in [-0.2, 0) is 0 Å². The predicted molar refractivity (Wildman–Crippen MR) is 77.8 cm³/mol. The molecule has 3 heteroatoms. The van der Waals surface area contributed by atoms with Crippen molar-refractivity contribution in [2.75, 3.05) is 45.0 Å². The lowest BCUT2D eigenvalue weighted by molar-refractivity contribution is 0.162. The minimum atomic E-state index is 0.827. The van der Waals surface area contributed by atoms with E-state index in [9.17, 15) is 0 Å². The number of nitrogens with zero attached hydrogens (tertiary/aromatic N) is 2. The molecule has 2 heterocycles. The van der Waals surface area contributed by atoms with Gasteiger partial charge in [-0.05, 0) is 57.8 Å². The van der Waals surface area contributed by atoms with Gasteiger partial charge in [-0.2, -0.15) is 12.6 Å². The number of hydrogen-bond donors (Lipinski definition) is 1. The van der Waals surface area contributed by atoms with E-state index in [1.165, 1.54) is 64.0 Å². The van der Waals surface area contributed by atoms with Crippen LogP contribution in [0, 0.1) is 5.92 Å². The van der Waals surface area contributed by atoms with E-state index in [0.717, 1.165) is 18.2 Å². The van der Waals surface area contributed by atoms with Crippen molar-refractivity contribution in [2.24, 2.45) is 5.92 Å². The average Bonchev–Trinajstić information content (AvgIpc) is 2.84. The van der Waals surface area contributed by atoms with Crippen LogP contribution in [0.25, 0.3) is 0 Å². The van der Waals surface area contributed by atoms with Gasteiger partial charge < -0.3 is 4.90 Å². The summed E-state index contributed by atoms with van der Waals surface area (Å²) in [5.41, 5.74) is 1.26. The summed E-state index contributed by atoms with van der Waals surface area (Å²) in [6, 6.07) is 0. The van der Waals surface area contributed by atoms with Gasteiger partial charge in [0.1, 0.15) is 0 Å². The van der Waals surface area contributed by atoms with Crippen LogP contribution < -0.4 is 0 Å². The molecular weight excluding hydrogens is 228 g/mol. The van der Waals surface area contributed by atoms with Crippen LogP contribution in [0.5, 0.6) is 0 Å². The number of likely N-dealkylation sites (tertiary alicyclic amines) is 2. The second kappa shape index (κ2) is 6.81. The summed E-state index contributed by atoms with van der Waals surface area (Å²) in [5.74, 6) is 1.77. The quantitative estimate of drug-likeness (QED) is 0.594. The molecule has 17 heavy (non-hydrogen) atoms. The predicted octanol–water partition coefficient (Wildman–Crippen LogP) is 2.28. The Bertz CT molecular complexity index is 241. The normalized spacial score (nSPS) is 24.3. The zero-order chi connectivity index (χ0) is 12.1. The van der Waals surface area contributed by atoms with E-state index >= 15 is 0 Å². The lowest BCUT2D eigenvalue weighted by Crippen LogP contribution is -2.38. The van der Waals surface area contributed by atoms with Gasteiger partial charge in [0.15, 0.2) is 0 Å². The van der Waals surface area contributed by atoms with Crippen LogP contribution >= 0.6 is 12.6 Å². The first-order valence-electron chi connectivity index (χ1n) is 7.00. The minimum Gasteiger partial charge on any atom is -0.303 e. The van der Waals surface area contributed by atoms with Crippen molar-refractivity contribution in [3.05, 3.63) is 12.2 Å². The van der Waals surface area contributed by atoms with Crippen LogP contribution in [0.3, 0.4) is 0 Å². The SMILES string of the molecule is C=C(CS)CN1CCC(CN2CCCC2)CC1. The number of hydrogen-bond acceptors (Lipinski definition) is 3. The lowest BCUT2D eigenvalue weighted by Gasteiger charge is -2.34. The highest BCUT2D eigenvalue weighted by atomic mass is 32.1. The molecule has 0 aromatic rings. The van der Waals surface area contributed by atoms with Crippen LogP contribution in [0.15, 0.2) is 12.2 Å². The third-order valence-electron chi connectivity index (χ3n) is 4.09. The molecule has 2 nitrogen and oxygen atoms in total. The van der Waals surface area contributed by atoms with Gasteiger partial charge in [0, 0.05) is 18.8 Å². The van der Waals surface area contributed by atoms with Crippen molar-refractivity contribution in [3.63, 3.8) is 0 Å². The third kappa shape index (κ3) is 4.31. The van der Waals surface area contributed by atoms with Crippen LogP contribution in [0.1, 0.15) is 25.7 Å². The Balaban J connectivity index is 1.65. The molecule has 2 fully saturated rings. The molecule has 2 rings (SSSR count). The first kappa shape index (κ1) is 13.4. The Morgan fingerprint density at radius 2 is 1.71 bits per heavy atom. The first-order valence-corrected chi connectivity index (χ1v) is 7.63. The van der Waals surface area contributed by atoms with E-state index in [2.05, 4.69) is 29.0 Å². The fraction of sp³-hybridized carbons (Fsp3) is 0.857. The molecule has 0 radical (unpaired) electrons. The van der Waals surface area contributed by atoms with Gasteiger partial charge in [-0.25, -0.2) is 0 Å². The highest BCUT2D eigenvalue weighted by Crippen LogP contribution is 2.21. The summed E-state index contributed by atoms with van der Waals surface area (Å²) in [4.78, 5) is 5.20. The van der Waals surface area contributed by atoms with Crippen molar-refractivity contribution in [1.82, 2.24) is 9.80 Å². The number of rotatable bonds is 5. The zero-order valence-electron chi connectivity index (χ0n) is 10.9. The standard InChI is InChI=1S/C14H26N2S/c1-13(12-17)10-16-8-4-14(5-9-16)11-15-6-2-3-7-15/h14,17H,1-12H2. The Morgan fingerprint density at radius 1 is 1.06 bits per heavy atom. The molecule has 0 atom stereocenters. The van der Waals surface area contributed by atoms with Crippen LogP contribution in [0.4, 0.5) is 0 Å². The maximum absolute atomic E-state index is 4.28. The number of thiol groups is 1.